The summed E-state index contributed by atoms with van der Waals surface area (Å²) in [6.45, 7) is 11.6. The van der Waals surface area contributed by atoms with Gasteiger partial charge in [-0.1, -0.05) is 27.7 Å². The Kier molecular flexibility index (Phi) is 4.32. The van der Waals surface area contributed by atoms with Crippen LogP contribution >= 0.6 is 0 Å². The molecule has 0 aliphatic carbocycles. The molecule has 1 aromatic rings. The zero-order chi connectivity index (χ0) is 13.1. The summed E-state index contributed by atoms with van der Waals surface area (Å²) < 4.78 is 0. The fourth-order valence-corrected chi connectivity index (χ4v) is 1.49. The van der Waals surface area contributed by atoms with Gasteiger partial charge >= 0.3 is 0 Å². The van der Waals surface area contributed by atoms with Crippen molar-refractivity contribution in [2.75, 3.05) is 24.2 Å². The van der Waals surface area contributed by atoms with Gasteiger partial charge in [-0.2, -0.15) is 0 Å². The minimum absolute atomic E-state index is 0.240. The Labute approximate surface area is 104 Å². The van der Waals surface area contributed by atoms with Gasteiger partial charge in [0.1, 0.15) is 17.5 Å². The van der Waals surface area contributed by atoms with Crippen LogP contribution in [0.3, 0.4) is 0 Å². The van der Waals surface area contributed by atoms with Gasteiger partial charge in [0, 0.05) is 25.6 Å². The van der Waals surface area contributed by atoms with Crippen LogP contribution in [0.5, 0.6) is 0 Å². The summed E-state index contributed by atoms with van der Waals surface area (Å²) in [5.74, 6) is 2.72. The molecule has 0 bridgehead atoms. The van der Waals surface area contributed by atoms with Crippen molar-refractivity contribution in [1.82, 2.24) is 9.97 Å². The fourth-order valence-electron chi connectivity index (χ4n) is 1.49. The maximum atomic E-state index is 4.54. The van der Waals surface area contributed by atoms with Gasteiger partial charge in [0.05, 0.1) is 0 Å². The molecule has 96 valence electrons. The van der Waals surface area contributed by atoms with E-state index < -0.39 is 0 Å². The predicted octanol–water partition coefficient (Wildman–Crippen LogP) is 2.85. The summed E-state index contributed by atoms with van der Waals surface area (Å²) in [6.07, 6.45) is 0.846. The van der Waals surface area contributed by atoms with Crippen LogP contribution in [0.2, 0.25) is 0 Å². The second-order valence-corrected chi connectivity index (χ2v) is 5.48. The summed E-state index contributed by atoms with van der Waals surface area (Å²) in [6, 6.07) is 0. The molecule has 0 atom stereocenters. The Bertz CT molecular complexity index is 380. The monoisotopic (exact) mass is 236 g/mol. The Morgan fingerprint density at radius 3 is 2.18 bits per heavy atom. The van der Waals surface area contributed by atoms with Crippen molar-refractivity contribution in [2.24, 2.45) is 5.41 Å². The maximum absolute atomic E-state index is 4.54. The van der Waals surface area contributed by atoms with Gasteiger partial charge < -0.3 is 10.6 Å². The number of hydrogen-bond acceptors (Lipinski definition) is 4. The van der Waals surface area contributed by atoms with Crippen LogP contribution in [0.15, 0.2) is 0 Å². The van der Waals surface area contributed by atoms with E-state index in [0.29, 0.717) is 0 Å². The van der Waals surface area contributed by atoms with Crippen molar-refractivity contribution < 1.29 is 0 Å². The van der Waals surface area contributed by atoms with E-state index >= 15 is 0 Å². The molecular formula is C13H24N4. The van der Waals surface area contributed by atoms with E-state index in [4.69, 9.17) is 0 Å². The van der Waals surface area contributed by atoms with E-state index in [1.165, 1.54) is 0 Å². The van der Waals surface area contributed by atoms with E-state index in [0.717, 1.165) is 36.0 Å². The lowest BCUT2D eigenvalue weighted by Crippen LogP contribution is -2.21. The highest BCUT2D eigenvalue weighted by atomic mass is 15.1. The first-order valence-corrected chi connectivity index (χ1v) is 6.16. The highest BCUT2D eigenvalue weighted by Gasteiger charge is 2.13. The molecule has 0 saturated carbocycles. The zero-order valence-corrected chi connectivity index (χ0v) is 11.8. The number of aryl methyl sites for hydroxylation is 1. The van der Waals surface area contributed by atoms with Crippen molar-refractivity contribution in [1.29, 1.82) is 0 Å². The third kappa shape index (κ3) is 3.88. The quantitative estimate of drug-likeness (QED) is 0.844. The van der Waals surface area contributed by atoms with Crippen LogP contribution in [0.1, 0.15) is 39.1 Å². The van der Waals surface area contributed by atoms with Gasteiger partial charge in [-0.25, -0.2) is 9.97 Å². The molecule has 0 aliphatic rings. The number of aromatic nitrogens is 2. The van der Waals surface area contributed by atoms with E-state index in [1.807, 2.05) is 14.0 Å². The molecule has 0 aliphatic heterocycles. The van der Waals surface area contributed by atoms with Crippen LogP contribution in [0.4, 0.5) is 11.6 Å². The van der Waals surface area contributed by atoms with Crippen molar-refractivity contribution in [3.63, 3.8) is 0 Å². The molecule has 1 heterocycles. The number of hydrogen-bond donors (Lipinski definition) is 2. The second-order valence-electron chi connectivity index (χ2n) is 5.48. The van der Waals surface area contributed by atoms with Gasteiger partial charge in [0.2, 0.25) is 0 Å². The van der Waals surface area contributed by atoms with E-state index in [9.17, 15) is 0 Å². The lowest BCUT2D eigenvalue weighted by molar-refractivity contribution is 0.442. The molecule has 4 heteroatoms. The van der Waals surface area contributed by atoms with Crippen LogP contribution in [0.25, 0.3) is 0 Å². The molecule has 0 radical (unpaired) electrons. The first-order chi connectivity index (χ1) is 7.87. The lowest BCUT2D eigenvalue weighted by atomic mass is 9.97. The molecule has 0 fully saturated rings. The van der Waals surface area contributed by atoms with Crippen LogP contribution in [0, 0.1) is 12.3 Å². The molecule has 0 saturated heterocycles. The summed E-state index contributed by atoms with van der Waals surface area (Å²) in [7, 11) is 1.89. The Morgan fingerprint density at radius 2 is 1.71 bits per heavy atom. The summed E-state index contributed by atoms with van der Waals surface area (Å²) in [4.78, 5) is 8.99. The standard InChI is InChI=1S/C13H24N4/c1-7-10-16-11(14-6)9(2)12(17-10)15-8-13(3,4)5/h7-8H2,1-6H3,(H2,14,15,16,17). The molecule has 0 unspecified atom stereocenters. The maximum Gasteiger partial charge on any atom is 0.134 e. The fraction of sp³-hybridized carbons (Fsp3) is 0.692. The Balaban J connectivity index is 2.97. The number of nitrogens with zero attached hydrogens (tertiary/aromatic N) is 2. The Hall–Kier alpha value is -1.32. The number of anilines is 2. The molecule has 0 spiro atoms. The normalized spacial score (nSPS) is 11.4. The SMILES string of the molecule is CCc1nc(NC)c(C)c(NCC(C)(C)C)n1. The number of nitrogens with one attached hydrogen (secondary N) is 2. The molecule has 1 aromatic heterocycles. The molecule has 0 aromatic carbocycles. The minimum Gasteiger partial charge on any atom is -0.373 e. The average molecular weight is 236 g/mol. The molecule has 17 heavy (non-hydrogen) atoms. The third-order valence-corrected chi connectivity index (χ3v) is 2.53. The van der Waals surface area contributed by atoms with Crippen LogP contribution in [-0.2, 0) is 6.42 Å². The first kappa shape index (κ1) is 13.7. The van der Waals surface area contributed by atoms with E-state index in [2.05, 4.69) is 48.3 Å². The van der Waals surface area contributed by atoms with E-state index in [-0.39, 0.29) is 5.41 Å². The van der Waals surface area contributed by atoms with Crippen molar-refractivity contribution in [2.45, 2.75) is 41.0 Å². The van der Waals surface area contributed by atoms with Gasteiger partial charge in [-0.05, 0) is 12.3 Å². The highest BCUT2D eigenvalue weighted by molar-refractivity contribution is 5.57. The average Bonchev–Trinajstić information content (AvgIpc) is 2.26. The molecule has 2 N–H and O–H groups in total. The second kappa shape index (κ2) is 5.34. The highest BCUT2D eigenvalue weighted by Crippen LogP contribution is 2.21. The van der Waals surface area contributed by atoms with Crippen molar-refractivity contribution >= 4 is 11.6 Å². The van der Waals surface area contributed by atoms with E-state index in [1.54, 1.807) is 0 Å². The molecular weight excluding hydrogens is 212 g/mol. The van der Waals surface area contributed by atoms with Gasteiger partial charge in [-0.15, -0.1) is 0 Å². The third-order valence-electron chi connectivity index (χ3n) is 2.53. The topological polar surface area (TPSA) is 49.8 Å². The largest absolute Gasteiger partial charge is 0.373 e. The Morgan fingerprint density at radius 1 is 1.12 bits per heavy atom. The summed E-state index contributed by atoms with van der Waals surface area (Å²) >= 11 is 0. The van der Waals surface area contributed by atoms with Gasteiger partial charge in [-0.3, -0.25) is 0 Å². The molecule has 4 nitrogen and oxygen atoms in total. The summed E-state index contributed by atoms with van der Waals surface area (Å²) in [5.41, 5.74) is 1.32. The zero-order valence-electron chi connectivity index (χ0n) is 11.8. The minimum atomic E-state index is 0.240. The molecule has 0 amide bonds. The van der Waals surface area contributed by atoms with Crippen molar-refractivity contribution in [3.8, 4) is 0 Å². The lowest BCUT2D eigenvalue weighted by Gasteiger charge is -2.21. The first-order valence-electron chi connectivity index (χ1n) is 6.16. The van der Waals surface area contributed by atoms with Gasteiger partial charge in [0.25, 0.3) is 0 Å². The smallest absolute Gasteiger partial charge is 0.134 e. The number of rotatable bonds is 4. The summed E-state index contributed by atoms with van der Waals surface area (Å²) in [5, 5.41) is 6.53. The van der Waals surface area contributed by atoms with Crippen LogP contribution < -0.4 is 10.6 Å². The van der Waals surface area contributed by atoms with Gasteiger partial charge in [0.15, 0.2) is 0 Å². The van der Waals surface area contributed by atoms with Crippen molar-refractivity contribution in [3.05, 3.63) is 11.4 Å². The molecule has 1 rings (SSSR count). The van der Waals surface area contributed by atoms with Crippen LogP contribution in [-0.4, -0.2) is 23.6 Å². The predicted molar refractivity (Wildman–Crippen MR) is 73.6 cm³/mol.